The molecule has 3 rings (SSSR count). The van der Waals surface area contributed by atoms with E-state index >= 15 is 0 Å². The average molecular weight is 358 g/mol. The number of benzene rings is 3. The lowest BCUT2D eigenvalue weighted by atomic mass is 9.94. The van der Waals surface area contributed by atoms with Gasteiger partial charge in [-0.15, -0.1) is 17.9 Å². The molecule has 3 aromatic carbocycles. The van der Waals surface area contributed by atoms with Crippen LogP contribution in [0.3, 0.4) is 0 Å². The van der Waals surface area contributed by atoms with Crippen LogP contribution in [0, 0.1) is 12.8 Å². The van der Waals surface area contributed by atoms with Crippen molar-refractivity contribution in [2.45, 2.75) is 26.7 Å². The normalized spacial score (nSPS) is 13.1. The highest BCUT2D eigenvalue weighted by Crippen LogP contribution is 2.54. The second-order valence-corrected chi connectivity index (χ2v) is 13.7. The van der Waals surface area contributed by atoms with E-state index in [-0.39, 0.29) is 7.30 Å². The van der Waals surface area contributed by atoms with Gasteiger partial charge in [0.2, 0.25) is 0 Å². The first kappa shape index (κ1) is 17.3. The minimum Gasteiger partial charge on any atom is -0.107 e. The third-order valence-corrected chi connectivity index (χ3v) is 6.83. The Morgan fingerprint density at radius 2 is 1.57 bits per heavy atom. The largest absolute Gasteiger partial charge is 0.107 e. The molecule has 0 saturated carbocycles. The first-order valence-electron chi connectivity index (χ1n) is 8.25. The highest BCUT2D eigenvalue weighted by Gasteiger charge is 2.10. The van der Waals surface area contributed by atoms with E-state index in [2.05, 4.69) is 80.2 Å². The van der Waals surface area contributed by atoms with Crippen molar-refractivity contribution >= 4 is 46.7 Å². The van der Waals surface area contributed by atoms with Gasteiger partial charge >= 0.3 is 0 Å². The Morgan fingerprint density at radius 1 is 0.913 bits per heavy atom. The van der Waals surface area contributed by atoms with Crippen LogP contribution < -0.4 is 0 Å². The van der Waals surface area contributed by atoms with Crippen LogP contribution in [-0.2, 0) is 6.42 Å². The summed E-state index contributed by atoms with van der Waals surface area (Å²) in [4.78, 5) is 0. The monoisotopic (exact) mass is 358 g/mol. The van der Waals surface area contributed by atoms with E-state index in [9.17, 15) is 0 Å². The molecule has 120 valence electrons. The Hall–Kier alpha value is -0.530. The van der Waals surface area contributed by atoms with E-state index in [4.69, 9.17) is 0 Å². The summed E-state index contributed by atoms with van der Waals surface area (Å²) in [5, 5.41) is 5.45. The van der Waals surface area contributed by atoms with Crippen molar-refractivity contribution in [3.8, 4) is 0 Å². The minimum atomic E-state index is 0.0302. The highest BCUT2D eigenvalue weighted by atomic mass is 32.4. The molecule has 3 heteroatoms. The van der Waals surface area contributed by atoms with E-state index in [0.29, 0.717) is 0 Å². The van der Waals surface area contributed by atoms with Gasteiger partial charge in [0.1, 0.15) is 0 Å². The molecule has 0 aliphatic rings. The molecule has 23 heavy (non-hydrogen) atoms. The standard InChI is InChI=1S/C20H25P3/c1-3-15(13-23(21)22)11-16-5-9-20-18(12-16)7-6-17-10-14(2)4-8-19(17)20/h4-10,12,15H,3,11,13,21-22H2,1-2H3. The van der Waals surface area contributed by atoms with Crippen LogP contribution in [0.15, 0.2) is 48.5 Å². The minimum absolute atomic E-state index is 0.0302. The molecule has 3 aromatic rings. The summed E-state index contributed by atoms with van der Waals surface area (Å²) in [7, 11) is 5.97. The molecule has 0 amide bonds. The molecular formula is C20H25P3. The maximum atomic E-state index is 2.97. The Morgan fingerprint density at radius 3 is 2.22 bits per heavy atom. The number of rotatable bonds is 5. The lowest BCUT2D eigenvalue weighted by molar-refractivity contribution is 0.569. The molecule has 0 radical (unpaired) electrons. The molecule has 0 aliphatic carbocycles. The molecule has 3 atom stereocenters. The van der Waals surface area contributed by atoms with Crippen LogP contribution in [0.4, 0.5) is 0 Å². The molecule has 0 fully saturated rings. The predicted molar refractivity (Wildman–Crippen MR) is 115 cm³/mol. The zero-order valence-electron chi connectivity index (χ0n) is 13.9. The molecule has 0 bridgehead atoms. The van der Waals surface area contributed by atoms with Gasteiger partial charge in [0.25, 0.3) is 0 Å². The fourth-order valence-corrected chi connectivity index (χ4v) is 6.11. The second-order valence-electron chi connectivity index (χ2n) is 6.52. The van der Waals surface area contributed by atoms with E-state index in [1.54, 1.807) is 0 Å². The summed E-state index contributed by atoms with van der Waals surface area (Å²) < 4.78 is 0. The predicted octanol–water partition coefficient (Wildman–Crippen LogP) is 6.93. The van der Waals surface area contributed by atoms with Gasteiger partial charge in [0.05, 0.1) is 0 Å². The third-order valence-electron chi connectivity index (χ3n) is 4.63. The number of hydrogen-bond acceptors (Lipinski definition) is 0. The smallest absolute Gasteiger partial charge is 0.0105 e. The van der Waals surface area contributed by atoms with Crippen molar-refractivity contribution in [2.75, 3.05) is 6.16 Å². The molecule has 0 N–H and O–H groups in total. The van der Waals surface area contributed by atoms with Crippen molar-refractivity contribution < 1.29 is 0 Å². The molecular weight excluding hydrogens is 333 g/mol. The van der Waals surface area contributed by atoms with Gasteiger partial charge in [-0.2, -0.15) is 0 Å². The summed E-state index contributed by atoms with van der Waals surface area (Å²) >= 11 is 0. The van der Waals surface area contributed by atoms with Crippen LogP contribution in [0.25, 0.3) is 21.5 Å². The number of aryl methyl sites for hydroxylation is 1. The summed E-state index contributed by atoms with van der Waals surface area (Å²) in [6.45, 7) is 4.47. The van der Waals surface area contributed by atoms with Gasteiger partial charge < -0.3 is 0 Å². The first-order chi connectivity index (χ1) is 11.1. The zero-order valence-corrected chi connectivity index (χ0v) is 17.1. The van der Waals surface area contributed by atoms with Crippen LogP contribution in [0.5, 0.6) is 0 Å². The lowest BCUT2D eigenvalue weighted by Gasteiger charge is -2.17. The fourth-order valence-electron chi connectivity index (χ4n) is 3.34. The molecule has 0 aromatic heterocycles. The van der Waals surface area contributed by atoms with Crippen molar-refractivity contribution in [3.05, 3.63) is 59.7 Å². The third kappa shape index (κ3) is 4.12. The van der Waals surface area contributed by atoms with Crippen LogP contribution in [0.1, 0.15) is 24.5 Å². The topological polar surface area (TPSA) is 0 Å². The molecule has 0 heterocycles. The molecule has 0 saturated heterocycles. The quantitative estimate of drug-likeness (QED) is 0.343. The highest BCUT2D eigenvalue weighted by molar-refractivity contribution is 8.43. The van der Waals surface area contributed by atoms with Crippen molar-refractivity contribution in [2.24, 2.45) is 5.92 Å². The Bertz CT molecular complexity index is 824. The SMILES string of the molecule is CCC(Cc1ccc2c(ccc3cc(C)ccc32)c1)CP(P)P. The number of hydrogen-bond donors (Lipinski definition) is 0. The van der Waals surface area contributed by atoms with Crippen molar-refractivity contribution in [1.82, 2.24) is 0 Å². The fraction of sp³-hybridized carbons (Fsp3) is 0.300. The Kier molecular flexibility index (Phi) is 5.69. The van der Waals surface area contributed by atoms with Gasteiger partial charge in [-0.25, -0.2) is 0 Å². The maximum Gasteiger partial charge on any atom is -0.0105 e. The lowest BCUT2D eigenvalue weighted by Crippen LogP contribution is -2.05. The zero-order chi connectivity index (χ0) is 16.4. The molecule has 0 aliphatic heterocycles. The average Bonchev–Trinajstić information content (AvgIpc) is 2.53. The molecule has 3 unspecified atom stereocenters. The molecule has 0 spiro atoms. The summed E-state index contributed by atoms with van der Waals surface area (Å²) in [6, 6.07) is 18.3. The summed E-state index contributed by atoms with van der Waals surface area (Å²) in [5.74, 6) is 0.789. The van der Waals surface area contributed by atoms with E-state index in [1.165, 1.54) is 51.7 Å². The van der Waals surface area contributed by atoms with Gasteiger partial charge in [-0.1, -0.05) is 74.7 Å². The van der Waals surface area contributed by atoms with Crippen molar-refractivity contribution in [3.63, 3.8) is 0 Å². The summed E-state index contributed by atoms with van der Waals surface area (Å²) in [5.41, 5.74) is 2.80. The van der Waals surface area contributed by atoms with Crippen LogP contribution in [-0.4, -0.2) is 6.16 Å². The van der Waals surface area contributed by atoms with E-state index in [0.717, 1.165) is 5.92 Å². The van der Waals surface area contributed by atoms with Gasteiger partial charge in [-0.3, -0.25) is 0 Å². The van der Waals surface area contributed by atoms with Gasteiger partial charge in [-0.05, 0) is 52.5 Å². The van der Waals surface area contributed by atoms with Gasteiger partial charge in [0, 0.05) is 0 Å². The van der Waals surface area contributed by atoms with Gasteiger partial charge in [0.15, 0.2) is 0 Å². The van der Waals surface area contributed by atoms with E-state index in [1.807, 2.05) is 0 Å². The Labute approximate surface area is 145 Å². The summed E-state index contributed by atoms with van der Waals surface area (Å²) in [6.07, 6.45) is 3.77. The second kappa shape index (κ2) is 7.57. The Balaban J connectivity index is 1.96. The van der Waals surface area contributed by atoms with Crippen LogP contribution in [0.2, 0.25) is 0 Å². The first-order valence-corrected chi connectivity index (χ1v) is 13.0. The number of fused-ring (bicyclic) bond motifs is 3. The van der Waals surface area contributed by atoms with Crippen LogP contribution >= 0.6 is 25.2 Å². The van der Waals surface area contributed by atoms with Crippen molar-refractivity contribution in [1.29, 1.82) is 0 Å². The molecule has 0 nitrogen and oxygen atoms in total. The van der Waals surface area contributed by atoms with E-state index < -0.39 is 0 Å². The maximum absolute atomic E-state index is 2.97.